The van der Waals surface area contributed by atoms with Crippen molar-refractivity contribution in [2.24, 2.45) is 0 Å². The van der Waals surface area contributed by atoms with Crippen molar-refractivity contribution >= 4 is 78.0 Å². The molecule has 3 aromatic carbocycles. The second-order valence-corrected chi connectivity index (χ2v) is 10.6. The number of amides is 2. The van der Waals surface area contributed by atoms with Crippen LogP contribution in [-0.2, 0) is 14.3 Å². The zero-order valence-electron chi connectivity index (χ0n) is 21.3. The Kier molecular flexibility index (Phi) is 8.35. The summed E-state index contributed by atoms with van der Waals surface area (Å²) in [4.78, 5) is 41.3. The van der Waals surface area contributed by atoms with Crippen molar-refractivity contribution in [2.45, 2.75) is 0 Å². The van der Waals surface area contributed by atoms with E-state index in [-0.39, 0.29) is 18.4 Å². The Balaban J connectivity index is 1.79. The lowest BCUT2D eigenvalue weighted by Crippen LogP contribution is -2.35. The zero-order chi connectivity index (χ0) is 27.6. The molecule has 196 valence electrons. The average Bonchev–Trinajstić information content (AvgIpc) is 3.21. The van der Waals surface area contributed by atoms with Gasteiger partial charge in [-0.25, -0.2) is 4.79 Å². The van der Waals surface area contributed by atoms with Crippen molar-refractivity contribution in [3.8, 4) is 0 Å². The molecule has 10 heteroatoms. The first-order valence-electron chi connectivity index (χ1n) is 11.6. The van der Waals surface area contributed by atoms with Gasteiger partial charge in [-0.2, -0.15) is 0 Å². The summed E-state index contributed by atoms with van der Waals surface area (Å²) < 4.78 is 6.21. The first kappa shape index (κ1) is 27.6. The van der Waals surface area contributed by atoms with Gasteiger partial charge < -0.3 is 25.2 Å². The number of methoxy groups -OCH3 is 1. The molecule has 2 N–H and O–H groups in total. The smallest absolute Gasteiger partial charge is 0.337 e. The van der Waals surface area contributed by atoms with Gasteiger partial charge >= 0.3 is 5.97 Å². The summed E-state index contributed by atoms with van der Waals surface area (Å²) in [6.07, 6.45) is 0. The van der Waals surface area contributed by atoms with Crippen LogP contribution in [0.25, 0.3) is 11.3 Å². The summed E-state index contributed by atoms with van der Waals surface area (Å²) in [5, 5.41) is 6.29. The van der Waals surface area contributed by atoms with Crippen LogP contribution in [0.15, 0.2) is 69.6 Å². The van der Waals surface area contributed by atoms with E-state index in [1.807, 2.05) is 61.5 Å². The third-order valence-electron chi connectivity index (χ3n) is 5.94. The number of rotatable bonds is 7. The minimum atomic E-state index is -0.482. The molecular formula is C28H26Br2N4O4. The summed E-state index contributed by atoms with van der Waals surface area (Å²) in [7, 11) is 6.72. The van der Waals surface area contributed by atoms with Crippen molar-refractivity contribution in [1.82, 2.24) is 4.90 Å². The summed E-state index contributed by atoms with van der Waals surface area (Å²) in [6.45, 7) is 0.270. The van der Waals surface area contributed by atoms with Gasteiger partial charge in [0.1, 0.15) is 0 Å². The van der Waals surface area contributed by atoms with Gasteiger partial charge in [-0.3, -0.25) is 9.59 Å². The molecule has 1 heterocycles. The zero-order valence-corrected chi connectivity index (χ0v) is 24.4. The number of halogens is 2. The molecule has 2 amide bonds. The molecule has 1 aliphatic rings. The molecule has 8 nitrogen and oxygen atoms in total. The molecule has 0 bridgehead atoms. The topological polar surface area (TPSA) is 91.0 Å². The van der Waals surface area contributed by atoms with Crippen molar-refractivity contribution < 1.29 is 19.1 Å². The average molecular weight is 642 g/mol. The fourth-order valence-corrected chi connectivity index (χ4v) is 5.87. The number of benzene rings is 3. The van der Waals surface area contributed by atoms with Gasteiger partial charge in [0.25, 0.3) is 5.91 Å². The Morgan fingerprint density at radius 1 is 0.947 bits per heavy atom. The molecule has 0 fully saturated rings. The van der Waals surface area contributed by atoms with E-state index < -0.39 is 5.97 Å². The lowest BCUT2D eigenvalue weighted by Gasteiger charge is -2.23. The first-order chi connectivity index (χ1) is 18.1. The van der Waals surface area contributed by atoms with Gasteiger partial charge in [-0.1, -0.05) is 36.4 Å². The Morgan fingerprint density at radius 3 is 2.21 bits per heavy atom. The van der Waals surface area contributed by atoms with Crippen LogP contribution >= 0.6 is 31.9 Å². The summed E-state index contributed by atoms with van der Waals surface area (Å²) in [5.74, 6) is -0.836. The van der Waals surface area contributed by atoms with E-state index in [9.17, 15) is 14.4 Å². The number of hydrogen-bond acceptors (Lipinski definition) is 6. The lowest BCUT2D eigenvalue weighted by atomic mass is 9.99. The van der Waals surface area contributed by atoms with Gasteiger partial charge in [-0.15, -0.1) is 0 Å². The molecule has 1 aliphatic heterocycles. The molecule has 0 saturated heterocycles. The van der Waals surface area contributed by atoms with E-state index in [0.29, 0.717) is 48.4 Å². The van der Waals surface area contributed by atoms with Crippen LogP contribution in [0.1, 0.15) is 21.5 Å². The molecule has 0 saturated carbocycles. The van der Waals surface area contributed by atoms with Gasteiger partial charge in [0, 0.05) is 27.2 Å². The predicted molar refractivity (Wildman–Crippen MR) is 157 cm³/mol. The van der Waals surface area contributed by atoms with Crippen molar-refractivity contribution in [3.05, 3.63) is 86.3 Å². The standard InChI is InChI=1S/C28H26Br2N4O4/c1-33(2)15-23(35)34(3)26-20(29)13-18(14-21(26)30)31-25(16-8-6-5-7-9-16)24-19-11-10-17(28(37)38-4)12-22(19)32-27(24)36/h5-14,31H,15H2,1-4H3,(H,32,36). The maximum Gasteiger partial charge on any atom is 0.337 e. The molecule has 0 atom stereocenters. The predicted octanol–water partition coefficient (Wildman–Crippen LogP) is 5.46. The second kappa shape index (κ2) is 11.5. The molecular weight excluding hydrogens is 616 g/mol. The molecule has 0 unspecified atom stereocenters. The molecule has 38 heavy (non-hydrogen) atoms. The molecule has 4 rings (SSSR count). The summed E-state index contributed by atoms with van der Waals surface area (Å²) >= 11 is 7.22. The van der Waals surface area contributed by atoms with Crippen molar-refractivity contribution in [3.63, 3.8) is 0 Å². The minimum Gasteiger partial charge on any atom is -0.465 e. The number of likely N-dealkylation sites (N-methyl/N-ethyl adjacent to an activating group) is 2. The van der Waals surface area contributed by atoms with Gasteiger partial charge in [0.15, 0.2) is 0 Å². The normalized spacial score (nSPS) is 13.6. The molecule has 3 aromatic rings. The van der Waals surface area contributed by atoms with E-state index in [1.165, 1.54) is 7.11 Å². The fourth-order valence-electron chi connectivity index (χ4n) is 4.15. The van der Waals surface area contributed by atoms with E-state index in [0.717, 1.165) is 5.56 Å². The van der Waals surface area contributed by atoms with E-state index in [4.69, 9.17) is 4.74 Å². The highest BCUT2D eigenvalue weighted by atomic mass is 79.9. The summed E-state index contributed by atoms with van der Waals surface area (Å²) in [5.41, 5.74) is 4.76. The summed E-state index contributed by atoms with van der Waals surface area (Å²) in [6, 6.07) is 18.2. The number of ether oxygens (including phenoxy) is 1. The Hall–Kier alpha value is -3.47. The monoisotopic (exact) mass is 640 g/mol. The first-order valence-corrected chi connectivity index (χ1v) is 13.2. The maximum atomic E-state index is 13.2. The third-order valence-corrected chi connectivity index (χ3v) is 7.15. The SMILES string of the molecule is COC(=O)c1ccc2c(c1)NC(=O)C2=C(Nc1cc(Br)c(N(C)C(=O)CN(C)C)c(Br)c1)c1ccccc1. The highest BCUT2D eigenvalue weighted by Crippen LogP contribution is 2.41. The Labute approximate surface area is 237 Å². The third kappa shape index (κ3) is 5.67. The van der Waals surface area contributed by atoms with Gasteiger partial charge in [0.05, 0.1) is 41.9 Å². The number of anilines is 3. The van der Waals surface area contributed by atoms with Crippen LogP contribution < -0.4 is 15.5 Å². The number of carbonyl (C=O) groups is 3. The van der Waals surface area contributed by atoms with Crippen LogP contribution in [-0.4, -0.2) is 57.5 Å². The molecule has 0 aliphatic carbocycles. The molecule has 0 spiro atoms. The number of nitrogens with zero attached hydrogens (tertiary/aromatic N) is 2. The van der Waals surface area contributed by atoms with Gasteiger partial charge in [0.2, 0.25) is 5.91 Å². The largest absolute Gasteiger partial charge is 0.465 e. The lowest BCUT2D eigenvalue weighted by molar-refractivity contribution is -0.119. The fraction of sp³-hybridized carbons (Fsp3) is 0.179. The van der Waals surface area contributed by atoms with Crippen molar-refractivity contribution in [2.75, 3.05) is 50.3 Å². The molecule has 0 aromatic heterocycles. The van der Waals surface area contributed by atoms with Crippen LogP contribution in [0, 0.1) is 0 Å². The van der Waals surface area contributed by atoms with Crippen LogP contribution in [0.2, 0.25) is 0 Å². The van der Waals surface area contributed by atoms with E-state index >= 15 is 0 Å². The van der Waals surface area contributed by atoms with Crippen LogP contribution in [0.5, 0.6) is 0 Å². The second-order valence-electron chi connectivity index (χ2n) is 8.93. The maximum absolute atomic E-state index is 13.2. The van der Waals surface area contributed by atoms with Crippen LogP contribution in [0.4, 0.5) is 17.1 Å². The highest BCUT2D eigenvalue weighted by molar-refractivity contribution is 9.11. The number of nitrogens with one attached hydrogen (secondary N) is 2. The highest BCUT2D eigenvalue weighted by Gasteiger charge is 2.29. The Morgan fingerprint density at radius 2 is 1.61 bits per heavy atom. The van der Waals surface area contributed by atoms with E-state index in [1.54, 1.807) is 30.1 Å². The van der Waals surface area contributed by atoms with Crippen molar-refractivity contribution in [1.29, 1.82) is 0 Å². The minimum absolute atomic E-state index is 0.0604. The number of esters is 1. The van der Waals surface area contributed by atoms with Gasteiger partial charge in [-0.05, 0) is 75.8 Å². The Bertz CT molecular complexity index is 1430. The quantitative estimate of drug-likeness (QED) is 0.263. The van der Waals surface area contributed by atoms with E-state index in [2.05, 4.69) is 42.5 Å². The number of carbonyl (C=O) groups excluding carboxylic acids is 3. The number of fused-ring (bicyclic) bond motifs is 1. The van der Waals surface area contributed by atoms with Crippen LogP contribution in [0.3, 0.4) is 0 Å². The molecule has 0 radical (unpaired) electrons. The number of hydrogen-bond donors (Lipinski definition) is 2.